The number of hydrogen-bond donors (Lipinski definition) is 2. The fourth-order valence-electron chi connectivity index (χ4n) is 5.91. The lowest BCUT2D eigenvalue weighted by Crippen LogP contribution is -2.42. The van der Waals surface area contributed by atoms with Gasteiger partial charge in [-0.05, 0) is 30.2 Å². The van der Waals surface area contributed by atoms with Crippen LogP contribution in [0.1, 0.15) is 61.2 Å². The normalized spacial score (nSPS) is 25.2. The van der Waals surface area contributed by atoms with E-state index in [1.54, 1.807) is 0 Å². The van der Waals surface area contributed by atoms with Crippen molar-refractivity contribution in [1.82, 2.24) is 24.7 Å². The molecule has 1 aromatic carbocycles. The third-order valence-corrected chi connectivity index (χ3v) is 9.14. The molecule has 0 amide bonds. The molecule has 2 bridgehead atoms. The number of hydrogen-bond acceptors (Lipinski definition) is 8. The largest absolute Gasteiger partial charge is 0.382 e. The number of nitrogens with zero attached hydrogens (tertiary/aromatic N) is 5. The summed E-state index contributed by atoms with van der Waals surface area (Å²) in [5, 5.41) is 15.3. The van der Waals surface area contributed by atoms with E-state index in [0.29, 0.717) is 18.9 Å². The molecule has 3 aromatic rings. The number of ketones is 1. The van der Waals surface area contributed by atoms with Gasteiger partial charge in [-0.1, -0.05) is 26.8 Å². The smallest absolute Gasteiger partial charge is 0.265 e. The fourth-order valence-corrected chi connectivity index (χ4v) is 7.21. The molecule has 216 valence electrons. The second kappa shape index (κ2) is 10.6. The van der Waals surface area contributed by atoms with Gasteiger partial charge in [0.15, 0.2) is 5.82 Å². The van der Waals surface area contributed by atoms with Crippen LogP contribution in [0.3, 0.4) is 0 Å². The van der Waals surface area contributed by atoms with Gasteiger partial charge in [0.1, 0.15) is 42.0 Å². The van der Waals surface area contributed by atoms with Gasteiger partial charge in [-0.25, -0.2) is 32.8 Å². The van der Waals surface area contributed by atoms with E-state index in [4.69, 9.17) is 8.67 Å². The van der Waals surface area contributed by atoms with Crippen molar-refractivity contribution in [2.24, 2.45) is 16.7 Å². The van der Waals surface area contributed by atoms with Gasteiger partial charge in [-0.3, -0.25) is 9.35 Å². The van der Waals surface area contributed by atoms with Crippen LogP contribution in [0.2, 0.25) is 0 Å². The molecule has 2 saturated carbocycles. The molecular weight excluding hydrogens is 551 g/mol. The Bertz CT molecular complexity index is 1610. The number of benzene rings is 1. The minimum absolute atomic E-state index is 0.0152. The molecule has 2 unspecified atom stereocenters. The number of carbonyl (C=O) groups excluding carboxylic acids is 1. The number of aliphatic hydroxyl groups is 1. The Hall–Kier alpha value is -3.23. The highest BCUT2D eigenvalue weighted by atomic mass is 32.2. The van der Waals surface area contributed by atoms with Gasteiger partial charge in [0.25, 0.3) is 10.1 Å². The topological polar surface area (TPSA) is 148 Å². The standard InChI is InChI=1S/C16H14F3N5O.C10H16O4S/c1-10(15-14(19)5-20-7-22-15)16(25,6-24-9-21-8-23-24)12-3-2-11(17)4-13(12)18;1-9(2)7-3-4-10(9,8(11)5-7)6-15(12,13)14/h2-5,7-10,25H,6H2,1H3;7H,3-6H2,1-2H3,(H,12,13,14)/t;7-,10-/m.0/s1/i1D3;. The molecule has 0 aliphatic heterocycles. The third-order valence-electron chi connectivity index (χ3n) is 8.28. The van der Waals surface area contributed by atoms with E-state index < -0.39 is 74.9 Å². The average molecular weight is 585 g/mol. The first-order chi connectivity index (χ1) is 19.8. The Labute approximate surface area is 233 Å². The van der Waals surface area contributed by atoms with Crippen LogP contribution in [0.25, 0.3) is 0 Å². The number of carbonyl (C=O) groups is 1. The fraction of sp³-hybridized carbons (Fsp3) is 0.500. The molecule has 2 heterocycles. The summed E-state index contributed by atoms with van der Waals surface area (Å²) >= 11 is 0. The molecule has 2 aliphatic carbocycles. The van der Waals surface area contributed by atoms with Crippen LogP contribution < -0.4 is 0 Å². The van der Waals surface area contributed by atoms with Crippen molar-refractivity contribution in [3.63, 3.8) is 0 Å². The van der Waals surface area contributed by atoms with Gasteiger partial charge in [0.05, 0.1) is 29.6 Å². The van der Waals surface area contributed by atoms with E-state index >= 15 is 0 Å². The van der Waals surface area contributed by atoms with Crippen LogP contribution in [0.15, 0.2) is 43.4 Å². The summed E-state index contributed by atoms with van der Waals surface area (Å²) in [6.45, 7) is 0.259. The maximum absolute atomic E-state index is 14.6. The average Bonchev–Trinajstić information content (AvgIpc) is 3.50. The minimum Gasteiger partial charge on any atom is -0.382 e. The van der Waals surface area contributed by atoms with E-state index in [-0.39, 0.29) is 17.1 Å². The minimum atomic E-state index is -4.08. The summed E-state index contributed by atoms with van der Waals surface area (Å²) in [7, 11) is -4.08. The van der Waals surface area contributed by atoms with Crippen LogP contribution in [-0.2, 0) is 27.1 Å². The van der Waals surface area contributed by atoms with Gasteiger partial charge in [0, 0.05) is 28.1 Å². The van der Waals surface area contributed by atoms with Gasteiger partial charge < -0.3 is 5.11 Å². The third kappa shape index (κ3) is 5.39. The number of Topliss-reactive ketones (excluding diaryl/α,β-unsaturated/α-hetero) is 1. The molecule has 0 spiro atoms. The molecule has 5 rings (SSSR count). The Morgan fingerprint density at radius 1 is 1.23 bits per heavy atom. The number of halogens is 3. The zero-order valence-electron chi connectivity index (χ0n) is 24.6. The van der Waals surface area contributed by atoms with Crippen molar-refractivity contribution < 1.29 is 40.2 Å². The molecular formula is C26H30F3N5O5S. The number of rotatable bonds is 7. The summed E-state index contributed by atoms with van der Waals surface area (Å²) < 4.78 is 98.0. The van der Waals surface area contributed by atoms with Crippen molar-refractivity contribution in [2.75, 3.05) is 5.75 Å². The first kappa shape index (κ1) is 25.7. The quantitative estimate of drug-likeness (QED) is 0.399. The predicted octanol–water partition coefficient (Wildman–Crippen LogP) is 3.45. The first-order valence-corrected chi connectivity index (χ1v) is 13.9. The van der Waals surface area contributed by atoms with Crippen LogP contribution in [0, 0.1) is 34.2 Å². The summed E-state index contributed by atoms with van der Waals surface area (Å²) in [4.78, 5) is 22.7. The van der Waals surface area contributed by atoms with Crippen molar-refractivity contribution in [3.8, 4) is 0 Å². The lowest BCUT2D eigenvalue weighted by Gasteiger charge is -2.35. The second-order valence-corrected chi connectivity index (χ2v) is 12.2. The zero-order valence-corrected chi connectivity index (χ0v) is 22.4. The zero-order chi connectivity index (χ0) is 32.0. The van der Waals surface area contributed by atoms with Crippen LogP contribution >= 0.6 is 0 Å². The van der Waals surface area contributed by atoms with Gasteiger partial charge >= 0.3 is 0 Å². The highest BCUT2D eigenvalue weighted by Gasteiger charge is 2.65. The van der Waals surface area contributed by atoms with Crippen molar-refractivity contribution in [1.29, 1.82) is 0 Å². The monoisotopic (exact) mass is 584 g/mol. The highest BCUT2D eigenvalue weighted by Crippen LogP contribution is 2.64. The van der Waals surface area contributed by atoms with Crippen LogP contribution in [0.4, 0.5) is 13.2 Å². The SMILES string of the molecule is CC1(C)[C@H]2CC[C@]1(CS(=O)(=O)O)C(=O)C2.[2H]C([2H])([2H])C(c1ncncc1F)C(O)(Cn1cncn1)c1ccc(F)cc1F. The molecule has 2 fully saturated rings. The lowest BCUT2D eigenvalue weighted by molar-refractivity contribution is -0.128. The molecule has 2 aromatic heterocycles. The van der Waals surface area contributed by atoms with E-state index in [1.807, 2.05) is 13.8 Å². The lowest BCUT2D eigenvalue weighted by atomic mass is 9.70. The summed E-state index contributed by atoms with van der Waals surface area (Å²) in [5.74, 6) is -5.35. The van der Waals surface area contributed by atoms with Gasteiger partial charge in [0.2, 0.25) is 0 Å². The van der Waals surface area contributed by atoms with E-state index in [2.05, 4.69) is 20.1 Å². The maximum Gasteiger partial charge on any atom is 0.265 e. The van der Waals surface area contributed by atoms with E-state index in [1.165, 1.54) is 6.33 Å². The Morgan fingerprint density at radius 3 is 2.50 bits per heavy atom. The van der Waals surface area contributed by atoms with Crippen LogP contribution in [-0.4, -0.2) is 54.3 Å². The molecule has 0 radical (unpaired) electrons. The molecule has 2 aliphatic rings. The molecule has 14 heteroatoms. The van der Waals surface area contributed by atoms with Crippen LogP contribution in [0.5, 0.6) is 0 Å². The van der Waals surface area contributed by atoms with Gasteiger partial charge in [-0.15, -0.1) is 0 Å². The molecule has 10 nitrogen and oxygen atoms in total. The Balaban J connectivity index is 0.000000237. The first-order valence-electron chi connectivity index (χ1n) is 13.8. The van der Waals surface area contributed by atoms with Gasteiger partial charge in [-0.2, -0.15) is 13.5 Å². The number of fused-ring (bicyclic) bond motifs is 2. The van der Waals surface area contributed by atoms with Crippen molar-refractivity contribution in [3.05, 3.63) is 72.1 Å². The summed E-state index contributed by atoms with van der Waals surface area (Å²) in [6.07, 6.45) is 5.91. The summed E-state index contributed by atoms with van der Waals surface area (Å²) in [5.41, 5.74) is -4.89. The molecule has 4 atom stereocenters. The predicted molar refractivity (Wildman–Crippen MR) is 136 cm³/mol. The van der Waals surface area contributed by atoms with E-state index in [0.717, 1.165) is 42.1 Å². The Morgan fingerprint density at radius 2 is 1.98 bits per heavy atom. The van der Waals surface area contributed by atoms with Crippen molar-refractivity contribution >= 4 is 15.9 Å². The molecule has 0 saturated heterocycles. The summed E-state index contributed by atoms with van der Waals surface area (Å²) in [6, 6.07) is 2.26. The maximum atomic E-state index is 14.6. The van der Waals surface area contributed by atoms with Crippen molar-refractivity contribution in [2.45, 2.75) is 58.0 Å². The number of aromatic nitrogens is 5. The Kier molecular flexibility index (Phi) is 6.84. The van der Waals surface area contributed by atoms with E-state index in [9.17, 15) is 31.5 Å². The molecule has 2 N–H and O–H groups in total. The highest BCUT2D eigenvalue weighted by molar-refractivity contribution is 7.85. The molecule has 40 heavy (non-hydrogen) atoms. The second-order valence-electron chi connectivity index (χ2n) is 10.7.